The van der Waals surface area contributed by atoms with Gasteiger partial charge in [-0.15, -0.1) is 0 Å². The van der Waals surface area contributed by atoms with E-state index >= 15 is 0 Å². The van der Waals surface area contributed by atoms with Crippen molar-refractivity contribution in [1.82, 2.24) is 0 Å². The fraction of sp³-hybridized carbons (Fsp3) is 0.778. The van der Waals surface area contributed by atoms with E-state index in [1.54, 1.807) is 0 Å². The molecule has 0 saturated heterocycles. The zero-order valence-corrected chi connectivity index (χ0v) is 8.86. The predicted molar refractivity (Wildman–Crippen MR) is 46.9 cm³/mol. The summed E-state index contributed by atoms with van der Waals surface area (Å²) < 4.78 is 1.06. The van der Waals surface area contributed by atoms with Gasteiger partial charge >= 0.3 is 0 Å². The summed E-state index contributed by atoms with van der Waals surface area (Å²) in [5.41, 5.74) is 0. The molecule has 0 unspecified atom stereocenters. The van der Waals surface area contributed by atoms with Gasteiger partial charge < -0.3 is 16.9 Å². The summed E-state index contributed by atoms with van der Waals surface area (Å²) in [5.74, 6) is 0. The van der Waals surface area contributed by atoms with Crippen LogP contribution in [0.15, 0.2) is 12.2 Å². The molecular weight excluding hydrogens is 158 g/mol. The van der Waals surface area contributed by atoms with Gasteiger partial charge in [-0.05, 0) is 6.42 Å². The number of allylic oxidation sites excluding steroid dienone is 1. The number of quaternary nitrogens is 1. The Morgan fingerprint density at radius 3 is 2.00 bits per heavy atom. The molecule has 1 nitrogen and oxygen atoms in total. The highest BCUT2D eigenvalue weighted by Crippen LogP contribution is 1.94. The average Bonchev–Trinajstić information content (AvgIpc) is 1.78. The van der Waals surface area contributed by atoms with Crippen molar-refractivity contribution in [1.29, 1.82) is 0 Å². The number of halogens is 1. The van der Waals surface area contributed by atoms with Gasteiger partial charge in [0, 0.05) is 6.42 Å². The maximum atomic E-state index is 2.27. The lowest BCUT2D eigenvalue weighted by Crippen LogP contribution is -3.00. The van der Waals surface area contributed by atoms with E-state index in [0.29, 0.717) is 0 Å². The number of nitrogens with zero attached hydrogens (tertiary/aromatic N) is 1. The molecule has 0 aliphatic rings. The van der Waals surface area contributed by atoms with Crippen LogP contribution in [0.1, 0.15) is 19.8 Å². The highest BCUT2D eigenvalue weighted by molar-refractivity contribution is 4.79. The van der Waals surface area contributed by atoms with Gasteiger partial charge in [-0.1, -0.05) is 19.1 Å². The van der Waals surface area contributed by atoms with E-state index in [1.165, 1.54) is 13.0 Å². The van der Waals surface area contributed by atoms with Crippen LogP contribution >= 0.6 is 0 Å². The van der Waals surface area contributed by atoms with Gasteiger partial charge in [0.1, 0.15) is 0 Å². The minimum absolute atomic E-state index is 0. The molecule has 0 saturated carbocycles. The summed E-state index contributed by atoms with van der Waals surface area (Å²) in [6, 6.07) is 0. The van der Waals surface area contributed by atoms with Gasteiger partial charge in [0.05, 0.1) is 27.7 Å². The van der Waals surface area contributed by atoms with Gasteiger partial charge in [-0.3, -0.25) is 0 Å². The SMILES string of the molecule is CC/C=C/CC[N+](C)(C)C.[Cl-]. The molecule has 0 aliphatic heterocycles. The maximum Gasteiger partial charge on any atom is 0.0815 e. The Balaban J connectivity index is 0. The van der Waals surface area contributed by atoms with E-state index in [4.69, 9.17) is 0 Å². The van der Waals surface area contributed by atoms with Crippen molar-refractivity contribution in [3.8, 4) is 0 Å². The van der Waals surface area contributed by atoms with Crippen LogP contribution in [0.4, 0.5) is 0 Å². The second-order valence-corrected chi connectivity index (χ2v) is 3.68. The summed E-state index contributed by atoms with van der Waals surface area (Å²) in [6.45, 7) is 3.40. The molecular formula is C9H20ClN. The third kappa shape index (κ3) is 13.1. The fourth-order valence-electron chi connectivity index (χ4n) is 0.746. The molecule has 2 heteroatoms. The van der Waals surface area contributed by atoms with Crippen LogP contribution in [0.2, 0.25) is 0 Å². The molecule has 0 aromatic rings. The second-order valence-electron chi connectivity index (χ2n) is 3.68. The Hall–Kier alpha value is -0.0100. The minimum atomic E-state index is 0. The highest BCUT2D eigenvalue weighted by Gasteiger charge is 2.02. The van der Waals surface area contributed by atoms with Crippen molar-refractivity contribution in [2.24, 2.45) is 0 Å². The summed E-state index contributed by atoms with van der Waals surface area (Å²) >= 11 is 0. The maximum absolute atomic E-state index is 2.27. The molecule has 0 heterocycles. The van der Waals surface area contributed by atoms with Crippen LogP contribution in [0.5, 0.6) is 0 Å². The Morgan fingerprint density at radius 2 is 1.64 bits per heavy atom. The Labute approximate surface area is 77.1 Å². The second kappa shape index (κ2) is 6.68. The smallest absolute Gasteiger partial charge is 0.0815 e. The van der Waals surface area contributed by atoms with Crippen LogP contribution in [-0.2, 0) is 0 Å². The van der Waals surface area contributed by atoms with E-state index in [2.05, 4.69) is 40.2 Å². The van der Waals surface area contributed by atoms with Crippen molar-refractivity contribution in [3.63, 3.8) is 0 Å². The standard InChI is InChI=1S/C9H20N.ClH/c1-5-6-7-8-9-10(2,3)4;/h6-7H,5,8-9H2,1-4H3;1H/q+1;/p-1/b7-6+;. The van der Waals surface area contributed by atoms with Gasteiger partial charge in [-0.2, -0.15) is 0 Å². The summed E-state index contributed by atoms with van der Waals surface area (Å²) in [6.07, 6.45) is 6.87. The topological polar surface area (TPSA) is 0 Å². The molecule has 11 heavy (non-hydrogen) atoms. The van der Waals surface area contributed by atoms with Crippen molar-refractivity contribution in [2.75, 3.05) is 27.7 Å². The summed E-state index contributed by atoms with van der Waals surface area (Å²) in [5, 5.41) is 0. The zero-order valence-electron chi connectivity index (χ0n) is 8.10. The summed E-state index contributed by atoms with van der Waals surface area (Å²) in [4.78, 5) is 0. The monoisotopic (exact) mass is 177 g/mol. The zero-order chi connectivity index (χ0) is 8.04. The summed E-state index contributed by atoms with van der Waals surface area (Å²) in [7, 11) is 6.67. The number of hydrogen-bond acceptors (Lipinski definition) is 0. The van der Waals surface area contributed by atoms with E-state index in [1.807, 2.05) is 0 Å². The van der Waals surface area contributed by atoms with Crippen molar-refractivity contribution < 1.29 is 16.9 Å². The van der Waals surface area contributed by atoms with Crippen LogP contribution in [0.3, 0.4) is 0 Å². The third-order valence-corrected chi connectivity index (χ3v) is 1.37. The molecule has 0 bridgehead atoms. The highest BCUT2D eigenvalue weighted by atomic mass is 35.5. The van der Waals surface area contributed by atoms with Gasteiger partial charge in [-0.25, -0.2) is 0 Å². The molecule has 0 aliphatic carbocycles. The molecule has 0 rings (SSSR count). The lowest BCUT2D eigenvalue weighted by molar-refractivity contribution is -0.869. The van der Waals surface area contributed by atoms with Gasteiger partial charge in [0.15, 0.2) is 0 Å². The average molecular weight is 178 g/mol. The van der Waals surface area contributed by atoms with E-state index in [9.17, 15) is 0 Å². The minimum Gasteiger partial charge on any atom is -1.00 e. The van der Waals surface area contributed by atoms with Gasteiger partial charge in [0.25, 0.3) is 0 Å². The molecule has 0 radical (unpaired) electrons. The van der Waals surface area contributed by atoms with E-state index in [-0.39, 0.29) is 12.4 Å². The number of rotatable bonds is 4. The van der Waals surface area contributed by atoms with Crippen molar-refractivity contribution in [2.45, 2.75) is 19.8 Å². The van der Waals surface area contributed by atoms with Crippen LogP contribution in [0, 0.1) is 0 Å². The van der Waals surface area contributed by atoms with Crippen LogP contribution in [-0.4, -0.2) is 32.2 Å². The molecule has 0 spiro atoms. The molecule has 0 fully saturated rings. The van der Waals surface area contributed by atoms with Crippen molar-refractivity contribution >= 4 is 0 Å². The first-order chi connectivity index (χ1) is 4.56. The lowest BCUT2D eigenvalue weighted by Gasteiger charge is -2.22. The van der Waals surface area contributed by atoms with Crippen LogP contribution in [0.25, 0.3) is 0 Å². The fourth-order valence-corrected chi connectivity index (χ4v) is 0.746. The molecule has 0 aromatic carbocycles. The normalized spacial score (nSPS) is 11.6. The molecule has 0 atom stereocenters. The van der Waals surface area contributed by atoms with Crippen LogP contribution < -0.4 is 12.4 Å². The Kier molecular flexibility index (Phi) is 8.25. The Morgan fingerprint density at radius 1 is 1.09 bits per heavy atom. The van der Waals surface area contributed by atoms with Crippen molar-refractivity contribution in [3.05, 3.63) is 12.2 Å². The Bertz CT molecular complexity index is 103. The molecule has 0 aromatic heterocycles. The number of hydrogen-bond donors (Lipinski definition) is 0. The molecule has 68 valence electrons. The third-order valence-electron chi connectivity index (χ3n) is 1.37. The first kappa shape index (κ1) is 13.6. The quantitative estimate of drug-likeness (QED) is 0.384. The predicted octanol–water partition coefficient (Wildman–Crippen LogP) is -0.947. The largest absolute Gasteiger partial charge is 1.00 e. The first-order valence-electron chi connectivity index (χ1n) is 4.01. The molecule has 0 amide bonds. The first-order valence-corrected chi connectivity index (χ1v) is 4.01. The molecule has 0 N–H and O–H groups in total. The van der Waals surface area contributed by atoms with E-state index in [0.717, 1.165) is 10.9 Å². The van der Waals surface area contributed by atoms with Gasteiger partial charge in [0.2, 0.25) is 0 Å². The van der Waals surface area contributed by atoms with E-state index < -0.39 is 0 Å². The lowest BCUT2D eigenvalue weighted by atomic mass is 10.3.